The van der Waals surface area contributed by atoms with Crippen LogP contribution >= 0.6 is 0 Å². The van der Waals surface area contributed by atoms with Crippen LogP contribution in [0, 0.1) is 23.2 Å². The second kappa shape index (κ2) is 7.57. The lowest BCUT2D eigenvalue weighted by molar-refractivity contribution is -0.659. The van der Waals surface area contributed by atoms with E-state index in [1.807, 2.05) is 4.90 Å². The van der Waals surface area contributed by atoms with E-state index in [9.17, 15) is 9.59 Å². The van der Waals surface area contributed by atoms with Gasteiger partial charge in [0.1, 0.15) is 12.0 Å². The van der Waals surface area contributed by atoms with Gasteiger partial charge in [-0.25, -0.2) is 0 Å². The predicted octanol–water partition coefficient (Wildman–Crippen LogP) is 1.88. The molecule has 0 aromatic carbocycles. The first-order chi connectivity index (χ1) is 13.0. The monoisotopic (exact) mass is 375 g/mol. The number of fused-ring (bicyclic) bond motifs is 2. The molecule has 2 heterocycles. The highest BCUT2D eigenvalue weighted by atomic mass is 16.6. The number of nitrogens with two attached hydrogens (primary N) is 1. The Bertz CT molecular complexity index is 619. The van der Waals surface area contributed by atoms with Crippen LogP contribution in [0.2, 0.25) is 0 Å². The van der Waals surface area contributed by atoms with Crippen molar-refractivity contribution >= 4 is 11.9 Å². The van der Waals surface area contributed by atoms with Crippen LogP contribution < -0.4 is 5.32 Å². The van der Waals surface area contributed by atoms with Crippen LogP contribution in [0.1, 0.15) is 58.3 Å². The van der Waals surface area contributed by atoms with Gasteiger partial charge in [0.25, 0.3) is 0 Å². The second-order valence-corrected chi connectivity index (χ2v) is 9.55. The Morgan fingerprint density at radius 1 is 1.30 bits per heavy atom. The van der Waals surface area contributed by atoms with Gasteiger partial charge in [0, 0.05) is 31.8 Å². The van der Waals surface area contributed by atoms with Gasteiger partial charge in [0.05, 0.1) is 13.1 Å². The molecular formula is C22H35N2O3+. The van der Waals surface area contributed by atoms with Crippen molar-refractivity contribution in [3.8, 4) is 0 Å². The fourth-order valence-electron chi connectivity index (χ4n) is 6.19. The summed E-state index contributed by atoms with van der Waals surface area (Å²) in [6, 6.07) is 0. The predicted molar refractivity (Wildman–Crippen MR) is 103 cm³/mol. The molecule has 0 unspecified atom stereocenters. The number of amides is 1. The zero-order valence-corrected chi connectivity index (χ0v) is 16.8. The SMILES string of the molecule is C=C1CCC[C@]2(C)C[C@H]3OC(=O)[C@@H](C[NH2+]CCCN4CCCC4=O)[C@H]3C[C@H]12. The normalized spacial score (nSPS) is 38.7. The molecule has 0 aromatic heterocycles. The number of nitrogens with zero attached hydrogens (tertiary/aromatic N) is 1. The third kappa shape index (κ3) is 3.67. The van der Waals surface area contributed by atoms with Gasteiger partial charge in [-0.1, -0.05) is 19.1 Å². The molecule has 4 rings (SSSR count). The second-order valence-electron chi connectivity index (χ2n) is 9.55. The maximum Gasteiger partial charge on any atom is 0.315 e. The Morgan fingerprint density at radius 3 is 2.93 bits per heavy atom. The van der Waals surface area contributed by atoms with E-state index in [2.05, 4.69) is 18.8 Å². The number of carbonyl (C=O) groups excluding carboxylic acids is 2. The molecule has 5 nitrogen and oxygen atoms in total. The molecule has 0 aromatic rings. The molecule has 2 aliphatic heterocycles. The van der Waals surface area contributed by atoms with Crippen molar-refractivity contribution in [2.24, 2.45) is 23.2 Å². The van der Waals surface area contributed by atoms with Gasteiger partial charge in [-0.3, -0.25) is 9.59 Å². The maximum absolute atomic E-state index is 12.5. The average molecular weight is 376 g/mol. The van der Waals surface area contributed by atoms with Crippen molar-refractivity contribution in [2.75, 3.05) is 26.2 Å². The molecule has 0 radical (unpaired) electrons. The number of hydrogen-bond acceptors (Lipinski definition) is 3. The topological polar surface area (TPSA) is 63.2 Å². The first-order valence-corrected chi connectivity index (χ1v) is 11.0. The molecule has 2 saturated heterocycles. The molecule has 5 heteroatoms. The molecule has 27 heavy (non-hydrogen) atoms. The van der Waals surface area contributed by atoms with Crippen molar-refractivity contribution in [1.82, 2.24) is 4.90 Å². The number of allylic oxidation sites excluding steroid dienone is 1. The van der Waals surface area contributed by atoms with Crippen molar-refractivity contribution in [3.05, 3.63) is 12.2 Å². The van der Waals surface area contributed by atoms with E-state index in [0.29, 0.717) is 24.2 Å². The van der Waals surface area contributed by atoms with Crippen molar-refractivity contribution in [2.45, 2.75) is 64.4 Å². The molecule has 0 spiro atoms. The van der Waals surface area contributed by atoms with Crippen LogP contribution in [0.15, 0.2) is 12.2 Å². The smallest absolute Gasteiger partial charge is 0.315 e. The standard InChI is InChI=1S/C22H34N2O3/c1-15-6-3-8-22(2)13-19-16(12-18(15)22)17(21(26)27-19)14-23-9-5-11-24-10-4-7-20(24)25/h16-19,23H,1,3-14H2,2H3/p+1/t16-,17+,18-,19-,22-/m1/s1. The number of esters is 1. The Balaban J connectivity index is 1.28. The van der Waals surface area contributed by atoms with Gasteiger partial charge in [0.15, 0.2) is 0 Å². The number of hydrogen-bond donors (Lipinski definition) is 1. The van der Waals surface area contributed by atoms with E-state index in [4.69, 9.17) is 4.74 Å². The van der Waals surface area contributed by atoms with Gasteiger partial charge in [-0.05, 0) is 49.9 Å². The van der Waals surface area contributed by atoms with E-state index < -0.39 is 0 Å². The lowest BCUT2D eigenvalue weighted by atomic mass is 9.55. The van der Waals surface area contributed by atoms with Crippen LogP contribution in [-0.2, 0) is 14.3 Å². The first kappa shape index (κ1) is 19.0. The molecular weight excluding hydrogens is 340 g/mol. The minimum absolute atomic E-state index is 0.0174. The minimum atomic E-state index is 0.0174. The molecule has 2 N–H and O–H groups in total. The largest absolute Gasteiger partial charge is 0.462 e. The lowest BCUT2D eigenvalue weighted by Gasteiger charge is -2.49. The molecule has 150 valence electrons. The number of carbonyl (C=O) groups is 2. The summed E-state index contributed by atoms with van der Waals surface area (Å²) in [7, 11) is 0. The van der Waals surface area contributed by atoms with Crippen LogP contribution in [0.4, 0.5) is 0 Å². The zero-order chi connectivity index (χ0) is 19.0. The molecule has 1 amide bonds. The van der Waals surface area contributed by atoms with Gasteiger partial charge in [0.2, 0.25) is 5.91 Å². The molecule has 5 atom stereocenters. The van der Waals surface area contributed by atoms with E-state index in [1.165, 1.54) is 18.4 Å². The summed E-state index contributed by atoms with van der Waals surface area (Å²) in [5, 5.41) is 2.26. The summed E-state index contributed by atoms with van der Waals surface area (Å²) >= 11 is 0. The van der Waals surface area contributed by atoms with Crippen molar-refractivity contribution < 1.29 is 19.6 Å². The highest BCUT2D eigenvalue weighted by Crippen LogP contribution is 2.56. The number of rotatable bonds is 6. The van der Waals surface area contributed by atoms with E-state index >= 15 is 0 Å². The fraction of sp³-hybridized carbons (Fsp3) is 0.818. The van der Waals surface area contributed by atoms with Gasteiger partial charge in [-0.15, -0.1) is 0 Å². The molecule has 2 aliphatic carbocycles. The van der Waals surface area contributed by atoms with Crippen LogP contribution in [0.5, 0.6) is 0 Å². The molecule has 4 fully saturated rings. The van der Waals surface area contributed by atoms with Gasteiger partial charge >= 0.3 is 5.97 Å². The van der Waals surface area contributed by atoms with Crippen molar-refractivity contribution in [3.63, 3.8) is 0 Å². The van der Waals surface area contributed by atoms with Crippen LogP contribution in [-0.4, -0.2) is 49.1 Å². The number of likely N-dealkylation sites (tertiary alicyclic amines) is 1. The summed E-state index contributed by atoms with van der Waals surface area (Å²) in [5.41, 5.74) is 1.68. The molecule has 4 aliphatic rings. The lowest BCUT2D eigenvalue weighted by Crippen LogP contribution is -2.86. The summed E-state index contributed by atoms with van der Waals surface area (Å²) in [5.74, 6) is 1.27. The fourth-order valence-corrected chi connectivity index (χ4v) is 6.19. The first-order valence-electron chi connectivity index (χ1n) is 11.0. The third-order valence-corrected chi connectivity index (χ3v) is 7.75. The molecule has 0 bridgehead atoms. The third-order valence-electron chi connectivity index (χ3n) is 7.75. The summed E-state index contributed by atoms with van der Waals surface area (Å²) in [6.07, 6.45) is 8.55. The minimum Gasteiger partial charge on any atom is -0.462 e. The van der Waals surface area contributed by atoms with E-state index in [0.717, 1.165) is 58.3 Å². The van der Waals surface area contributed by atoms with Crippen LogP contribution in [0.3, 0.4) is 0 Å². The average Bonchev–Trinajstić information content (AvgIpc) is 3.15. The van der Waals surface area contributed by atoms with Crippen molar-refractivity contribution in [1.29, 1.82) is 0 Å². The number of ether oxygens (including phenoxy) is 1. The molecule has 2 saturated carbocycles. The van der Waals surface area contributed by atoms with Gasteiger partial charge < -0.3 is 15.0 Å². The Hall–Kier alpha value is -1.36. The van der Waals surface area contributed by atoms with E-state index in [-0.39, 0.29) is 23.4 Å². The Kier molecular flexibility index (Phi) is 5.32. The Labute approximate surface area is 162 Å². The van der Waals surface area contributed by atoms with E-state index in [1.54, 1.807) is 0 Å². The van der Waals surface area contributed by atoms with Gasteiger partial charge in [-0.2, -0.15) is 0 Å². The maximum atomic E-state index is 12.5. The number of quaternary nitrogens is 1. The highest BCUT2D eigenvalue weighted by molar-refractivity contribution is 5.78. The summed E-state index contributed by atoms with van der Waals surface area (Å²) in [6.45, 7) is 10.3. The summed E-state index contributed by atoms with van der Waals surface area (Å²) in [4.78, 5) is 26.2. The quantitative estimate of drug-likeness (QED) is 0.438. The highest BCUT2D eigenvalue weighted by Gasteiger charge is 2.55. The zero-order valence-electron chi connectivity index (χ0n) is 16.8. The Morgan fingerprint density at radius 2 is 2.15 bits per heavy atom. The van der Waals surface area contributed by atoms with Crippen LogP contribution in [0.25, 0.3) is 0 Å². The summed E-state index contributed by atoms with van der Waals surface area (Å²) < 4.78 is 5.84.